The molecule has 0 heterocycles. The standard InChI is InChI=1S/C11H22F3NO/c1-3-8-15-10(5-4-9-16-2)6-7-11(12,13)14/h10,15H,3-9H2,1-2H3. The fourth-order valence-electron chi connectivity index (χ4n) is 1.51. The van der Waals surface area contributed by atoms with Crippen molar-refractivity contribution in [1.29, 1.82) is 0 Å². The van der Waals surface area contributed by atoms with E-state index in [1.54, 1.807) is 7.11 Å². The van der Waals surface area contributed by atoms with Crippen molar-refractivity contribution in [2.45, 2.75) is 51.2 Å². The summed E-state index contributed by atoms with van der Waals surface area (Å²) in [5, 5.41) is 3.15. The summed E-state index contributed by atoms with van der Waals surface area (Å²) in [5.74, 6) is 0. The van der Waals surface area contributed by atoms with Crippen LogP contribution in [-0.4, -0.2) is 32.5 Å². The zero-order valence-electron chi connectivity index (χ0n) is 10.1. The molecule has 0 bridgehead atoms. The first kappa shape index (κ1) is 15.7. The fourth-order valence-corrected chi connectivity index (χ4v) is 1.51. The Kier molecular flexibility index (Phi) is 8.66. The molecule has 1 unspecified atom stereocenters. The topological polar surface area (TPSA) is 21.3 Å². The summed E-state index contributed by atoms with van der Waals surface area (Å²) >= 11 is 0. The smallest absolute Gasteiger partial charge is 0.385 e. The van der Waals surface area contributed by atoms with E-state index in [0.29, 0.717) is 6.61 Å². The van der Waals surface area contributed by atoms with E-state index in [4.69, 9.17) is 4.74 Å². The van der Waals surface area contributed by atoms with Crippen LogP contribution in [0.3, 0.4) is 0 Å². The van der Waals surface area contributed by atoms with Crippen LogP contribution in [0.4, 0.5) is 13.2 Å². The summed E-state index contributed by atoms with van der Waals surface area (Å²) in [5.41, 5.74) is 0. The molecule has 0 aliphatic rings. The lowest BCUT2D eigenvalue weighted by molar-refractivity contribution is -0.136. The Hall–Kier alpha value is -0.290. The van der Waals surface area contributed by atoms with Gasteiger partial charge in [-0.1, -0.05) is 6.92 Å². The summed E-state index contributed by atoms with van der Waals surface area (Å²) in [6.45, 7) is 3.38. The molecule has 0 amide bonds. The lowest BCUT2D eigenvalue weighted by Crippen LogP contribution is -2.31. The molecule has 0 aliphatic carbocycles. The first-order valence-electron chi connectivity index (χ1n) is 5.78. The molecule has 0 aromatic rings. The molecule has 0 aliphatic heterocycles. The molecule has 16 heavy (non-hydrogen) atoms. The van der Waals surface area contributed by atoms with Crippen LogP contribution in [0.1, 0.15) is 39.0 Å². The largest absolute Gasteiger partial charge is 0.389 e. The second-order valence-corrected chi connectivity index (χ2v) is 3.94. The van der Waals surface area contributed by atoms with Crippen molar-refractivity contribution in [3.05, 3.63) is 0 Å². The normalized spacial score (nSPS) is 14.1. The van der Waals surface area contributed by atoms with Crippen LogP contribution in [0.15, 0.2) is 0 Å². The molecule has 1 N–H and O–H groups in total. The predicted molar refractivity (Wildman–Crippen MR) is 58.5 cm³/mol. The maximum atomic E-state index is 12.1. The second-order valence-electron chi connectivity index (χ2n) is 3.94. The highest BCUT2D eigenvalue weighted by molar-refractivity contribution is 4.68. The highest BCUT2D eigenvalue weighted by atomic mass is 19.4. The van der Waals surface area contributed by atoms with Gasteiger partial charge in [-0.15, -0.1) is 0 Å². The third-order valence-electron chi connectivity index (χ3n) is 2.36. The Morgan fingerprint density at radius 1 is 1.25 bits per heavy atom. The van der Waals surface area contributed by atoms with Crippen LogP contribution in [0, 0.1) is 0 Å². The quantitative estimate of drug-likeness (QED) is 0.626. The highest BCUT2D eigenvalue weighted by Gasteiger charge is 2.27. The van der Waals surface area contributed by atoms with E-state index in [1.807, 2.05) is 6.92 Å². The van der Waals surface area contributed by atoms with Gasteiger partial charge in [-0.05, 0) is 32.2 Å². The van der Waals surface area contributed by atoms with E-state index in [1.165, 1.54) is 0 Å². The van der Waals surface area contributed by atoms with Crippen LogP contribution in [0.25, 0.3) is 0 Å². The van der Waals surface area contributed by atoms with Crippen molar-refractivity contribution in [2.24, 2.45) is 0 Å². The van der Waals surface area contributed by atoms with Gasteiger partial charge in [0.25, 0.3) is 0 Å². The number of alkyl halides is 3. The van der Waals surface area contributed by atoms with Gasteiger partial charge in [0.05, 0.1) is 0 Å². The van der Waals surface area contributed by atoms with Gasteiger partial charge in [0.2, 0.25) is 0 Å². The Bertz CT molecular complexity index is 162. The van der Waals surface area contributed by atoms with Crippen LogP contribution < -0.4 is 5.32 Å². The number of ether oxygens (including phenoxy) is 1. The van der Waals surface area contributed by atoms with E-state index in [-0.39, 0.29) is 12.5 Å². The zero-order chi connectivity index (χ0) is 12.4. The minimum Gasteiger partial charge on any atom is -0.385 e. The highest BCUT2D eigenvalue weighted by Crippen LogP contribution is 2.23. The monoisotopic (exact) mass is 241 g/mol. The van der Waals surface area contributed by atoms with Crippen LogP contribution in [0.5, 0.6) is 0 Å². The Morgan fingerprint density at radius 2 is 1.94 bits per heavy atom. The molecular formula is C11H22F3NO. The van der Waals surface area contributed by atoms with Gasteiger partial charge in [0.1, 0.15) is 0 Å². The van der Waals surface area contributed by atoms with Crippen LogP contribution in [-0.2, 0) is 4.74 Å². The van der Waals surface area contributed by atoms with Crippen molar-refractivity contribution in [1.82, 2.24) is 5.32 Å². The van der Waals surface area contributed by atoms with E-state index in [9.17, 15) is 13.2 Å². The van der Waals surface area contributed by atoms with Gasteiger partial charge in [0, 0.05) is 26.2 Å². The number of rotatable bonds is 9. The fraction of sp³-hybridized carbons (Fsp3) is 1.00. The number of nitrogens with one attached hydrogen (secondary N) is 1. The minimum atomic E-state index is -4.05. The third kappa shape index (κ3) is 10.2. The van der Waals surface area contributed by atoms with Gasteiger partial charge < -0.3 is 10.1 Å². The SMILES string of the molecule is CCCNC(CCCOC)CCC(F)(F)F. The molecule has 1 atom stereocenters. The lowest BCUT2D eigenvalue weighted by atomic mass is 10.1. The average Bonchev–Trinajstić information content (AvgIpc) is 2.20. The molecule has 0 fully saturated rings. The van der Waals surface area contributed by atoms with E-state index in [2.05, 4.69) is 5.32 Å². The Morgan fingerprint density at radius 3 is 2.44 bits per heavy atom. The Labute approximate surface area is 95.5 Å². The van der Waals surface area contributed by atoms with Gasteiger partial charge in [-0.25, -0.2) is 0 Å². The predicted octanol–water partition coefficient (Wildman–Crippen LogP) is 3.12. The van der Waals surface area contributed by atoms with Crippen molar-refractivity contribution >= 4 is 0 Å². The summed E-state index contributed by atoms with van der Waals surface area (Å²) in [6, 6.07) is -0.0447. The van der Waals surface area contributed by atoms with Crippen LogP contribution in [0.2, 0.25) is 0 Å². The van der Waals surface area contributed by atoms with Gasteiger partial charge >= 0.3 is 6.18 Å². The molecule has 0 saturated heterocycles. The zero-order valence-corrected chi connectivity index (χ0v) is 10.1. The first-order chi connectivity index (χ1) is 7.49. The summed E-state index contributed by atoms with van der Waals surface area (Å²) < 4.78 is 41.1. The second kappa shape index (κ2) is 8.82. The third-order valence-corrected chi connectivity index (χ3v) is 2.36. The van der Waals surface area contributed by atoms with E-state index >= 15 is 0 Å². The van der Waals surface area contributed by atoms with E-state index in [0.717, 1.165) is 25.8 Å². The summed E-state index contributed by atoms with van der Waals surface area (Å²) in [7, 11) is 1.60. The van der Waals surface area contributed by atoms with Crippen LogP contribution >= 0.6 is 0 Å². The summed E-state index contributed by atoms with van der Waals surface area (Å²) in [6.07, 6.45) is -2.12. The van der Waals surface area contributed by atoms with Crippen molar-refractivity contribution < 1.29 is 17.9 Å². The average molecular weight is 241 g/mol. The number of methoxy groups -OCH3 is 1. The molecule has 2 nitrogen and oxygen atoms in total. The van der Waals surface area contributed by atoms with Crippen molar-refractivity contribution in [3.63, 3.8) is 0 Å². The molecule has 98 valence electrons. The molecular weight excluding hydrogens is 219 g/mol. The maximum absolute atomic E-state index is 12.1. The summed E-state index contributed by atoms with van der Waals surface area (Å²) in [4.78, 5) is 0. The van der Waals surface area contributed by atoms with Gasteiger partial charge in [-0.3, -0.25) is 0 Å². The molecule has 0 aromatic carbocycles. The van der Waals surface area contributed by atoms with Crippen molar-refractivity contribution in [3.8, 4) is 0 Å². The Balaban J connectivity index is 3.80. The number of hydrogen-bond donors (Lipinski definition) is 1. The van der Waals surface area contributed by atoms with Crippen molar-refractivity contribution in [2.75, 3.05) is 20.3 Å². The number of halogens is 3. The first-order valence-corrected chi connectivity index (χ1v) is 5.78. The molecule has 0 rings (SSSR count). The van der Waals surface area contributed by atoms with Gasteiger partial charge in [-0.2, -0.15) is 13.2 Å². The molecule has 0 saturated carbocycles. The molecule has 0 aromatic heterocycles. The molecule has 0 spiro atoms. The van der Waals surface area contributed by atoms with E-state index < -0.39 is 12.6 Å². The molecule has 5 heteroatoms. The minimum absolute atomic E-state index is 0.0447. The number of hydrogen-bond acceptors (Lipinski definition) is 2. The van der Waals surface area contributed by atoms with Gasteiger partial charge in [0.15, 0.2) is 0 Å². The molecule has 0 radical (unpaired) electrons. The lowest BCUT2D eigenvalue weighted by Gasteiger charge is -2.19. The maximum Gasteiger partial charge on any atom is 0.389 e.